The van der Waals surface area contributed by atoms with Crippen molar-refractivity contribution in [3.63, 3.8) is 0 Å². The van der Waals surface area contributed by atoms with E-state index in [9.17, 15) is 14.0 Å². The number of amides is 3. The smallest absolute Gasteiger partial charge is 0.321 e. The number of hydrogen-bond donors (Lipinski definition) is 2. The molecule has 4 nitrogen and oxygen atoms in total. The Labute approximate surface area is 122 Å². The van der Waals surface area contributed by atoms with E-state index in [1.165, 1.54) is 23.9 Å². The summed E-state index contributed by atoms with van der Waals surface area (Å²) in [4.78, 5) is 24.2. The zero-order valence-corrected chi connectivity index (χ0v) is 12.8. The Hall–Kier alpha value is -1.56. The third-order valence-electron chi connectivity index (χ3n) is 2.22. The van der Waals surface area contributed by atoms with Gasteiger partial charge in [0.15, 0.2) is 0 Å². The van der Waals surface area contributed by atoms with E-state index in [0.29, 0.717) is 0 Å². The van der Waals surface area contributed by atoms with Crippen molar-refractivity contribution in [1.82, 2.24) is 10.6 Å². The molecule has 0 bridgehead atoms. The summed E-state index contributed by atoms with van der Waals surface area (Å²) < 4.78 is 12.8. The number of carbonyl (C=O) groups excluding carboxylic acids is 2. The minimum Gasteiger partial charge on any atom is -0.333 e. The van der Waals surface area contributed by atoms with Crippen LogP contribution in [0.2, 0.25) is 0 Å². The molecule has 0 heterocycles. The molecule has 0 radical (unpaired) electrons. The lowest BCUT2D eigenvalue weighted by Crippen LogP contribution is -2.49. The van der Waals surface area contributed by atoms with Crippen molar-refractivity contribution in [3.8, 4) is 0 Å². The largest absolute Gasteiger partial charge is 0.333 e. The molecule has 0 saturated carbocycles. The molecule has 0 unspecified atom stereocenters. The molecule has 0 aliphatic carbocycles. The SMILES string of the molecule is C[C@@H](Sc1ccc(F)cc1)C(=O)NC(=O)NC(C)(C)C. The van der Waals surface area contributed by atoms with Gasteiger partial charge in [0.25, 0.3) is 0 Å². The van der Waals surface area contributed by atoms with E-state index >= 15 is 0 Å². The van der Waals surface area contributed by atoms with Crippen molar-refractivity contribution in [2.45, 2.75) is 43.4 Å². The van der Waals surface area contributed by atoms with Crippen LogP contribution in [0.25, 0.3) is 0 Å². The van der Waals surface area contributed by atoms with E-state index < -0.39 is 16.8 Å². The first-order valence-electron chi connectivity index (χ1n) is 6.22. The molecule has 110 valence electrons. The Morgan fingerprint density at radius 1 is 1.20 bits per heavy atom. The monoisotopic (exact) mass is 298 g/mol. The second-order valence-electron chi connectivity index (χ2n) is 5.41. The van der Waals surface area contributed by atoms with Gasteiger partial charge in [0.1, 0.15) is 5.82 Å². The van der Waals surface area contributed by atoms with Gasteiger partial charge in [-0.3, -0.25) is 10.1 Å². The minimum absolute atomic E-state index is 0.323. The quantitative estimate of drug-likeness (QED) is 0.844. The van der Waals surface area contributed by atoms with E-state index in [-0.39, 0.29) is 11.7 Å². The van der Waals surface area contributed by atoms with E-state index in [1.807, 2.05) is 20.8 Å². The number of benzene rings is 1. The number of rotatable bonds is 3. The van der Waals surface area contributed by atoms with Crippen LogP contribution in [0.4, 0.5) is 9.18 Å². The zero-order chi connectivity index (χ0) is 15.3. The molecule has 0 aliphatic rings. The van der Waals surface area contributed by atoms with Crippen LogP contribution < -0.4 is 10.6 Å². The number of thioether (sulfide) groups is 1. The van der Waals surface area contributed by atoms with E-state index in [4.69, 9.17) is 0 Å². The molecule has 0 saturated heterocycles. The summed E-state index contributed by atoms with van der Waals surface area (Å²) in [7, 11) is 0. The van der Waals surface area contributed by atoms with Crippen LogP contribution in [-0.2, 0) is 4.79 Å². The lowest BCUT2D eigenvalue weighted by molar-refractivity contribution is -0.119. The predicted octanol–water partition coefficient (Wildman–Crippen LogP) is 2.93. The maximum atomic E-state index is 12.8. The number of carbonyl (C=O) groups is 2. The summed E-state index contributed by atoms with van der Waals surface area (Å²) in [5.41, 5.74) is -0.405. The van der Waals surface area contributed by atoms with Crippen LogP contribution in [0, 0.1) is 5.82 Å². The first-order valence-corrected chi connectivity index (χ1v) is 7.10. The van der Waals surface area contributed by atoms with Gasteiger partial charge in [0.2, 0.25) is 5.91 Å². The predicted molar refractivity (Wildman–Crippen MR) is 78.1 cm³/mol. The third kappa shape index (κ3) is 6.06. The van der Waals surface area contributed by atoms with Crippen molar-refractivity contribution in [3.05, 3.63) is 30.1 Å². The van der Waals surface area contributed by atoms with E-state index in [1.54, 1.807) is 19.1 Å². The molecule has 1 rings (SSSR count). The Kier molecular flexibility index (Phi) is 5.56. The fourth-order valence-corrected chi connectivity index (χ4v) is 2.22. The summed E-state index contributed by atoms with van der Waals surface area (Å²) >= 11 is 1.26. The number of nitrogens with one attached hydrogen (secondary N) is 2. The molecule has 0 spiro atoms. The molecule has 1 aromatic carbocycles. The molecule has 1 atom stereocenters. The molecular weight excluding hydrogens is 279 g/mol. The molecular formula is C14H19FN2O2S. The summed E-state index contributed by atoms with van der Waals surface area (Å²) in [6.45, 7) is 7.17. The maximum absolute atomic E-state index is 12.8. The Morgan fingerprint density at radius 2 is 1.75 bits per heavy atom. The van der Waals surface area contributed by atoms with Gasteiger partial charge in [-0.05, 0) is 52.0 Å². The highest BCUT2D eigenvalue weighted by atomic mass is 32.2. The number of urea groups is 1. The Bertz CT molecular complexity index is 483. The molecule has 0 aromatic heterocycles. The Morgan fingerprint density at radius 3 is 2.25 bits per heavy atom. The van der Waals surface area contributed by atoms with Crippen molar-refractivity contribution in [2.75, 3.05) is 0 Å². The van der Waals surface area contributed by atoms with Gasteiger partial charge in [-0.15, -0.1) is 11.8 Å². The molecule has 6 heteroatoms. The fourth-order valence-electron chi connectivity index (χ4n) is 1.36. The molecule has 1 aromatic rings. The van der Waals surface area contributed by atoms with Crippen LogP contribution in [0.3, 0.4) is 0 Å². The topological polar surface area (TPSA) is 58.2 Å². The molecule has 0 fully saturated rings. The van der Waals surface area contributed by atoms with Crippen LogP contribution in [0.5, 0.6) is 0 Å². The highest BCUT2D eigenvalue weighted by Gasteiger charge is 2.20. The average Bonchev–Trinajstić information content (AvgIpc) is 2.29. The lowest BCUT2D eigenvalue weighted by Gasteiger charge is -2.21. The van der Waals surface area contributed by atoms with Crippen LogP contribution >= 0.6 is 11.8 Å². The standard InChI is InChI=1S/C14H19FN2O2S/c1-9(20-11-7-5-10(15)6-8-11)12(18)16-13(19)17-14(2,3)4/h5-9H,1-4H3,(H2,16,17,18,19)/t9-/m1/s1. The van der Waals surface area contributed by atoms with Crippen molar-refractivity contribution in [2.24, 2.45) is 0 Å². The molecule has 20 heavy (non-hydrogen) atoms. The lowest BCUT2D eigenvalue weighted by atomic mass is 10.1. The van der Waals surface area contributed by atoms with E-state index in [2.05, 4.69) is 10.6 Å². The van der Waals surface area contributed by atoms with Gasteiger partial charge < -0.3 is 5.32 Å². The molecule has 2 N–H and O–H groups in total. The summed E-state index contributed by atoms with van der Waals surface area (Å²) in [6.07, 6.45) is 0. The molecule has 3 amide bonds. The Balaban J connectivity index is 2.51. The average molecular weight is 298 g/mol. The van der Waals surface area contributed by atoms with Crippen molar-refractivity contribution >= 4 is 23.7 Å². The van der Waals surface area contributed by atoms with Gasteiger partial charge in [-0.1, -0.05) is 0 Å². The van der Waals surface area contributed by atoms with E-state index in [0.717, 1.165) is 4.90 Å². The number of hydrogen-bond acceptors (Lipinski definition) is 3. The molecule has 0 aliphatic heterocycles. The first-order chi connectivity index (χ1) is 9.17. The van der Waals surface area contributed by atoms with Gasteiger partial charge in [-0.25, -0.2) is 9.18 Å². The van der Waals surface area contributed by atoms with Gasteiger partial charge >= 0.3 is 6.03 Å². The highest BCUT2D eigenvalue weighted by molar-refractivity contribution is 8.00. The van der Waals surface area contributed by atoms with Gasteiger partial charge in [-0.2, -0.15) is 0 Å². The zero-order valence-electron chi connectivity index (χ0n) is 12.0. The van der Waals surface area contributed by atoms with Gasteiger partial charge in [0.05, 0.1) is 5.25 Å². The minimum atomic E-state index is -0.519. The van der Waals surface area contributed by atoms with Gasteiger partial charge in [0, 0.05) is 10.4 Å². The number of imide groups is 1. The van der Waals surface area contributed by atoms with Crippen molar-refractivity contribution < 1.29 is 14.0 Å². The number of halogens is 1. The third-order valence-corrected chi connectivity index (χ3v) is 3.33. The van der Waals surface area contributed by atoms with Crippen molar-refractivity contribution in [1.29, 1.82) is 0 Å². The van der Waals surface area contributed by atoms with Crippen LogP contribution in [0.1, 0.15) is 27.7 Å². The first kappa shape index (κ1) is 16.5. The fraction of sp³-hybridized carbons (Fsp3) is 0.429. The second-order valence-corrected chi connectivity index (χ2v) is 6.82. The maximum Gasteiger partial charge on any atom is 0.321 e. The van der Waals surface area contributed by atoms with Crippen LogP contribution in [0.15, 0.2) is 29.2 Å². The second kappa shape index (κ2) is 6.74. The summed E-state index contributed by atoms with van der Waals surface area (Å²) in [5, 5.41) is 4.48. The van der Waals surface area contributed by atoms with Crippen LogP contribution in [-0.4, -0.2) is 22.7 Å². The summed E-state index contributed by atoms with van der Waals surface area (Å²) in [5.74, 6) is -0.711. The summed E-state index contributed by atoms with van der Waals surface area (Å²) in [6, 6.07) is 5.34. The highest BCUT2D eigenvalue weighted by Crippen LogP contribution is 2.23. The normalized spacial score (nSPS) is 12.7.